The molecule has 3 saturated carbocycles. The number of carbonyl (C=O) groups excluding carboxylic acids is 1. The Morgan fingerprint density at radius 1 is 1.03 bits per heavy atom. The Balaban J connectivity index is 1.54. The molecule has 3 aliphatic carbocycles. The van der Waals surface area contributed by atoms with Gasteiger partial charge in [-0.25, -0.2) is 8.42 Å². The fourth-order valence-corrected chi connectivity index (χ4v) is 9.22. The van der Waals surface area contributed by atoms with E-state index in [1.807, 2.05) is 11.9 Å². The summed E-state index contributed by atoms with van der Waals surface area (Å²) < 4.78 is 30.5. The topological polar surface area (TPSA) is 63.7 Å². The molecule has 1 aromatic rings. The number of fused-ring (bicyclic) bond motifs is 5. The van der Waals surface area contributed by atoms with Gasteiger partial charge in [-0.3, -0.25) is 4.79 Å². The molecule has 1 heterocycles. The summed E-state index contributed by atoms with van der Waals surface area (Å²) in [6, 6.07) is 6.85. The van der Waals surface area contributed by atoms with E-state index in [4.69, 9.17) is 4.74 Å². The summed E-state index contributed by atoms with van der Waals surface area (Å²) in [7, 11) is -1.29. The van der Waals surface area contributed by atoms with E-state index in [1.165, 1.54) is 38.4 Å². The highest BCUT2D eigenvalue weighted by Crippen LogP contribution is 2.66. The van der Waals surface area contributed by atoms with Crippen LogP contribution < -0.4 is 4.74 Å². The van der Waals surface area contributed by atoms with Gasteiger partial charge in [0.25, 0.3) is 0 Å². The molecular formula is C27H39NO4S. The molecule has 0 radical (unpaired) electrons. The summed E-state index contributed by atoms with van der Waals surface area (Å²) in [5.41, 5.74) is 0.484. The molecule has 4 fully saturated rings. The van der Waals surface area contributed by atoms with Gasteiger partial charge in [0.15, 0.2) is 9.84 Å². The monoisotopic (exact) mass is 473 g/mol. The number of rotatable bonds is 3. The second-order valence-corrected chi connectivity index (χ2v) is 14.0. The molecule has 1 aromatic carbocycles. The summed E-state index contributed by atoms with van der Waals surface area (Å²) in [6.07, 6.45) is 9.23. The van der Waals surface area contributed by atoms with E-state index in [0.29, 0.717) is 40.2 Å². The predicted octanol–water partition coefficient (Wildman–Crippen LogP) is 4.95. The van der Waals surface area contributed by atoms with E-state index in [2.05, 4.69) is 20.8 Å². The predicted molar refractivity (Wildman–Crippen MR) is 129 cm³/mol. The number of nitrogens with zero attached hydrogens (tertiary/aromatic N) is 1. The number of likely N-dealkylation sites (tertiary alicyclic amines) is 1. The maximum absolute atomic E-state index is 12.8. The molecule has 33 heavy (non-hydrogen) atoms. The molecule has 4 aliphatic rings. The van der Waals surface area contributed by atoms with Crippen molar-refractivity contribution in [3.8, 4) is 5.75 Å². The number of likely N-dealkylation sites (N-methyl/N-ethyl adjacent to an activating group) is 1. The van der Waals surface area contributed by atoms with Crippen LogP contribution in [0.2, 0.25) is 0 Å². The van der Waals surface area contributed by atoms with Gasteiger partial charge in [-0.2, -0.15) is 0 Å². The van der Waals surface area contributed by atoms with Crippen molar-refractivity contribution >= 4 is 15.7 Å². The van der Waals surface area contributed by atoms with Gasteiger partial charge >= 0.3 is 0 Å². The Bertz CT molecular complexity index is 1040. The highest BCUT2D eigenvalue weighted by Gasteiger charge is 2.64. The third-order valence-electron chi connectivity index (χ3n) is 10.3. The first-order chi connectivity index (χ1) is 15.5. The number of hydrogen-bond acceptors (Lipinski definition) is 4. The average molecular weight is 474 g/mol. The molecular weight excluding hydrogens is 434 g/mol. The first-order valence-corrected chi connectivity index (χ1v) is 14.6. The minimum atomic E-state index is -3.25. The Labute approximate surface area is 199 Å². The van der Waals surface area contributed by atoms with Gasteiger partial charge in [0.1, 0.15) is 11.9 Å². The lowest BCUT2D eigenvalue weighted by Crippen LogP contribution is -2.69. The Morgan fingerprint density at radius 2 is 1.73 bits per heavy atom. The summed E-state index contributed by atoms with van der Waals surface area (Å²) in [4.78, 5) is 15.1. The zero-order valence-corrected chi connectivity index (χ0v) is 21.5. The third kappa shape index (κ3) is 3.54. The van der Waals surface area contributed by atoms with Crippen molar-refractivity contribution in [1.82, 2.24) is 4.90 Å². The van der Waals surface area contributed by atoms with E-state index in [0.717, 1.165) is 12.3 Å². The van der Waals surface area contributed by atoms with Crippen molar-refractivity contribution in [1.29, 1.82) is 0 Å². The van der Waals surface area contributed by atoms with Gasteiger partial charge < -0.3 is 9.64 Å². The second kappa shape index (κ2) is 7.73. The van der Waals surface area contributed by atoms with Crippen LogP contribution in [0.1, 0.15) is 65.7 Å². The minimum Gasteiger partial charge on any atom is -0.488 e. The van der Waals surface area contributed by atoms with Crippen molar-refractivity contribution in [2.75, 3.05) is 13.3 Å². The molecule has 3 unspecified atom stereocenters. The van der Waals surface area contributed by atoms with Crippen LogP contribution in [0, 0.1) is 34.5 Å². The fourth-order valence-electron chi connectivity index (χ4n) is 8.59. The van der Waals surface area contributed by atoms with E-state index < -0.39 is 9.84 Å². The molecule has 1 amide bonds. The molecule has 1 saturated heterocycles. The molecule has 0 N–H and O–H groups in total. The molecule has 0 bridgehead atoms. The zero-order valence-electron chi connectivity index (χ0n) is 20.7. The summed E-state index contributed by atoms with van der Waals surface area (Å²) in [5, 5.41) is 0. The van der Waals surface area contributed by atoms with Crippen molar-refractivity contribution in [3.05, 3.63) is 24.3 Å². The standard InChI is InChI=1S/C27H39NO4S/c1-17-23-20-7-6-14-26(20,2)15-12-21(23)27(3)16-13-22(29)28(4)25(27)24(17)32-18-8-10-19(11-9-18)33(5,30)31/h8-11,17,20-21,23-25H,6-7,12-16H2,1-5H3/t17?,20-,21+,23-,24?,25?,26-,27+/m0/s1. The second-order valence-electron chi connectivity index (χ2n) is 12.0. The third-order valence-corrected chi connectivity index (χ3v) is 11.4. The van der Waals surface area contributed by atoms with Crippen LogP contribution in [-0.4, -0.2) is 44.7 Å². The Kier molecular flexibility index (Phi) is 5.43. The number of sulfone groups is 1. The van der Waals surface area contributed by atoms with Crippen molar-refractivity contribution < 1.29 is 17.9 Å². The molecule has 0 spiro atoms. The smallest absolute Gasteiger partial charge is 0.222 e. The maximum Gasteiger partial charge on any atom is 0.222 e. The van der Waals surface area contributed by atoms with Crippen LogP contribution in [0.5, 0.6) is 5.75 Å². The van der Waals surface area contributed by atoms with Gasteiger partial charge in [-0.1, -0.05) is 27.2 Å². The lowest BCUT2D eigenvalue weighted by atomic mass is 9.44. The van der Waals surface area contributed by atoms with Crippen LogP contribution in [0.3, 0.4) is 0 Å². The number of ether oxygens (including phenoxy) is 1. The van der Waals surface area contributed by atoms with Crippen LogP contribution in [0.15, 0.2) is 29.2 Å². The van der Waals surface area contributed by atoms with Crippen LogP contribution in [0.4, 0.5) is 0 Å². The highest BCUT2D eigenvalue weighted by molar-refractivity contribution is 7.90. The number of carbonyl (C=O) groups is 1. The Morgan fingerprint density at radius 3 is 2.39 bits per heavy atom. The van der Waals surface area contributed by atoms with Crippen molar-refractivity contribution in [2.45, 2.75) is 82.8 Å². The van der Waals surface area contributed by atoms with Gasteiger partial charge in [0.05, 0.1) is 10.9 Å². The first-order valence-electron chi connectivity index (χ1n) is 12.7. The normalized spacial score (nSPS) is 42.9. The largest absolute Gasteiger partial charge is 0.488 e. The number of benzene rings is 1. The fraction of sp³-hybridized carbons (Fsp3) is 0.741. The maximum atomic E-state index is 12.8. The van der Waals surface area contributed by atoms with Crippen molar-refractivity contribution in [2.24, 2.45) is 34.5 Å². The van der Waals surface area contributed by atoms with E-state index >= 15 is 0 Å². The first kappa shape index (κ1) is 23.2. The minimum absolute atomic E-state index is 0.0374. The van der Waals surface area contributed by atoms with Gasteiger partial charge in [0.2, 0.25) is 5.91 Å². The SMILES string of the molecule is CC1C(Oc2ccc(S(C)(=O)=O)cc2)C2N(C)C(=O)CC[C@]2(C)[C@@H]2CC[C@]3(C)CCC[C@H]3[C@H]12. The van der Waals surface area contributed by atoms with Crippen LogP contribution in [-0.2, 0) is 14.6 Å². The lowest BCUT2D eigenvalue weighted by molar-refractivity contribution is -0.191. The lowest BCUT2D eigenvalue weighted by Gasteiger charge is -2.65. The molecule has 5 nitrogen and oxygen atoms in total. The quantitative estimate of drug-likeness (QED) is 0.623. The molecule has 5 rings (SSSR count). The molecule has 8 atom stereocenters. The molecule has 0 aromatic heterocycles. The van der Waals surface area contributed by atoms with Crippen LogP contribution >= 0.6 is 0 Å². The van der Waals surface area contributed by atoms with Gasteiger partial charge in [-0.15, -0.1) is 0 Å². The molecule has 6 heteroatoms. The van der Waals surface area contributed by atoms with E-state index in [1.54, 1.807) is 24.3 Å². The number of piperidine rings is 1. The molecule has 1 aliphatic heterocycles. The van der Waals surface area contributed by atoms with Gasteiger partial charge in [-0.05, 0) is 90.9 Å². The highest BCUT2D eigenvalue weighted by atomic mass is 32.2. The summed E-state index contributed by atoms with van der Waals surface area (Å²) in [5.74, 6) is 3.19. The molecule has 182 valence electrons. The number of hydrogen-bond donors (Lipinski definition) is 0. The van der Waals surface area contributed by atoms with Gasteiger partial charge in [0, 0.05) is 19.7 Å². The van der Waals surface area contributed by atoms with E-state index in [9.17, 15) is 13.2 Å². The van der Waals surface area contributed by atoms with Crippen LogP contribution in [0.25, 0.3) is 0 Å². The van der Waals surface area contributed by atoms with Crippen molar-refractivity contribution in [3.63, 3.8) is 0 Å². The zero-order chi connectivity index (χ0) is 23.8. The Hall–Kier alpha value is -1.56. The number of amides is 1. The average Bonchev–Trinajstić information content (AvgIpc) is 3.15. The van der Waals surface area contributed by atoms with E-state index in [-0.39, 0.29) is 23.5 Å². The summed E-state index contributed by atoms with van der Waals surface area (Å²) >= 11 is 0. The summed E-state index contributed by atoms with van der Waals surface area (Å²) in [6.45, 7) is 7.28.